The summed E-state index contributed by atoms with van der Waals surface area (Å²) in [5.74, 6) is -2.91. The van der Waals surface area contributed by atoms with Gasteiger partial charge in [-0.2, -0.15) is 13.2 Å². The molecular weight excluding hydrogens is 523 g/mol. The number of carbonyl (C=O) groups is 2. The van der Waals surface area contributed by atoms with Crippen LogP contribution in [0.15, 0.2) is 23.1 Å². The van der Waals surface area contributed by atoms with Crippen LogP contribution in [0.5, 0.6) is 0 Å². The number of aliphatic hydroxyl groups excluding tert-OH is 2. The van der Waals surface area contributed by atoms with Crippen molar-refractivity contribution in [3.05, 3.63) is 33.8 Å². The minimum absolute atomic E-state index is 0.252. The van der Waals surface area contributed by atoms with Gasteiger partial charge >= 0.3 is 12.1 Å². The maximum Gasteiger partial charge on any atom is 0.420 e. The lowest BCUT2D eigenvalue weighted by molar-refractivity contribution is -0.183. The summed E-state index contributed by atoms with van der Waals surface area (Å²) in [7, 11) is 0. The van der Waals surface area contributed by atoms with Gasteiger partial charge in [0.15, 0.2) is 5.60 Å². The van der Waals surface area contributed by atoms with Gasteiger partial charge in [0.25, 0.3) is 0 Å². The molecule has 0 aromatic carbocycles. The number of carbonyl (C=O) groups excluding carboxylic acids is 2. The number of esters is 1. The van der Waals surface area contributed by atoms with Gasteiger partial charge in [0.2, 0.25) is 0 Å². The number of hydrogen-bond donors (Lipinski definition) is 2. The fourth-order valence-electron chi connectivity index (χ4n) is 4.85. The second-order valence-corrected chi connectivity index (χ2v) is 12.0. The van der Waals surface area contributed by atoms with Crippen molar-refractivity contribution in [1.29, 1.82) is 0 Å². The summed E-state index contributed by atoms with van der Waals surface area (Å²) in [6.07, 6.45) is -6.53. The highest BCUT2D eigenvalue weighted by Gasteiger charge is 2.72. The standard InChI is InChI=1S/C27H36F3NO6S/c1-14-8-7-9-26(27(28,29)30)21(37-26)11-19(15(2)10-18-13-38-17(4)31-18)36-22(33)12-20(32)25(5,6)24(35)16(3)23(14)34/h7-8,10,13-14,16,19-21,23,32,34H,9,11-12H2,1-6H3/b8-7+,15-10+/t14-,16+,19-,20-,21?,23-,26?/m0/s1. The highest BCUT2D eigenvalue weighted by Crippen LogP contribution is 2.54. The molecule has 3 heterocycles. The van der Waals surface area contributed by atoms with Crippen LogP contribution in [0, 0.1) is 24.2 Å². The molecule has 2 aliphatic rings. The van der Waals surface area contributed by atoms with E-state index in [1.54, 1.807) is 25.3 Å². The van der Waals surface area contributed by atoms with Gasteiger partial charge < -0.3 is 19.7 Å². The van der Waals surface area contributed by atoms with Crippen molar-refractivity contribution in [2.75, 3.05) is 0 Å². The van der Waals surface area contributed by atoms with Crippen molar-refractivity contribution in [2.45, 2.75) is 97.0 Å². The number of nitrogens with zero attached hydrogens (tertiary/aromatic N) is 1. The van der Waals surface area contributed by atoms with Gasteiger partial charge in [-0.15, -0.1) is 11.3 Å². The first-order chi connectivity index (χ1) is 17.5. The number of alkyl halides is 3. The second kappa shape index (κ2) is 11.2. The summed E-state index contributed by atoms with van der Waals surface area (Å²) >= 11 is 1.41. The molecule has 38 heavy (non-hydrogen) atoms. The summed E-state index contributed by atoms with van der Waals surface area (Å²) in [5.41, 5.74) is -2.77. The Morgan fingerprint density at radius 2 is 1.89 bits per heavy atom. The van der Waals surface area contributed by atoms with Gasteiger partial charge in [0.1, 0.15) is 18.0 Å². The van der Waals surface area contributed by atoms with Gasteiger partial charge in [-0.3, -0.25) is 9.59 Å². The fourth-order valence-corrected chi connectivity index (χ4v) is 5.42. The molecule has 7 atom stereocenters. The maximum absolute atomic E-state index is 14.1. The van der Waals surface area contributed by atoms with Crippen molar-refractivity contribution in [2.24, 2.45) is 17.3 Å². The number of cyclic esters (lactones) is 1. The molecule has 1 aromatic heterocycles. The number of Topliss-reactive ketones (excluding diaryl/α,β-unsaturated/α-hetero) is 1. The van der Waals surface area contributed by atoms with E-state index in [1.807, 2.05) is 6.92 Å². The van der Waals surface area contributed by atoms with E-state index in [0.717, 1.165) is 5.01 Å². The van der Waals surface area contributed by atoms with Crippen LogP contribution < -0.4 is 0 Å². The molecule has 7 nitrogen and oxygen atoms in total. The van der Waals surface area contributed by atoms with E-state index in [2.05, 4.69) is 4.98 Å². The quantitative estimate of drug-likeness (QED) is 0.305. The Kier molecular flexibility index (Phi) is 8.97. The molecule has 1 aromatic rings. The van der Waals surface area contributed by atoms with Crippen LogP contribution in [0.25, 0.3) is 6.08 Å². The van der Waals surface area contributed by atoms with Crippen LogP contribution in [0.4, 0.5) is 13.2 Å². The van der Waals surface area contributed by atoms with Crippen LogP contribution in [0.2, 0.25) is 0 Å². The second-order valence-electron chi connectivity index (χ2n) is 11.0. The molecule has 0 spiro atoms. The summed E-state index contributed by atoms with van der Waals surface area (Å²) < 4.78 is 53.2. The molecule has 0 amide bonds. The van der Waals surface area contributed by atoms with Gasteiger partial charge in [-0.1, -0.05) is 39.8 Å². The summed E-state index contributed by atoms with van der Waals surface area (Å²) in [6, 6.07) is 0. The van der Waals surface area contributed by atoms with Gasteiger partial charge in [0.05, 0.1) is 34.7 Å². The average molecular weight is 560 g/mol. The number of aromatic nitrogens is 1. The van der Waals surface area contributed by atoms with Crippen LogP contribution in [-0.4, -0.2) is 63.1 Å². The number of hydrogen-bond acceptors (Lipinski definition) is 8. The molecule has 2 unspecified atom stereocenters. The number of ether oxygens (including phenoxy) is 2. The third-order valence-corrected chi connectivity index (χ3v) is 8.46. The van der Waals surface area contributed by atoms with Crippen molar-refractivity contribution in [1.82, 2.24) is 4.98 Å². The predicted molar refractivity (Wildman–Crippen MR) is 136 cm³/mol. The number of halogens is 3. The van der Waals surface area contributed by atoms with E-state index in [-0.39, 0.29) is 6.42 Å². The first-order valence-corrected chi connectivity index (χ1v) is 13.5. The highest BCUT2D eigenvalue weighted by atomic mass is 32.1. The molecule has 212 valence electrons. The molecular formula is C27H36F3NO6S. The Morgan fingerprint density at radius 3 is 2.47 bits per heavy atom. The molecule has 1 saturated heterocycles. The largest absolute Gasteiger partial charge is 0.458 e. The first kappa shape index (κ1) is 30.5. The summed E-state index contributed by atoms with van der Waals surface area (Å²) in [5, 5.41) is 24.1. The molecule has 0 aliphatic carbocycles. The number of aliphatic hydroxyl groups is 2. The summed E-state index contributed by atoms with van der Waals surface area (Å²) in [6.45, 7) is 9.53. The molecule has 0 saturated carbocycles. The van der Waals surface area contributed by atoms with E-state index in [4.69, 9.17) is 9.47 Å². The topological polar surface area (TPSA) is 109 Å². The van der Waals surface area contributed by atoms with E-state index >= 15 is 0 Å². The van der Waals surface area contributed by atoms with Crippen molar-refractivity contribution < 1.29 is 42.4 Å². The van der Waals surface area contributed by atoms with Gasteiger partial charge in [-0.25, -0.2) is 4.98 Å². The lowest BCUT2D eigenvalue weighted by Gasteiger charge is -2.34. The Morgan fingerprint density at radius 1 is 1.24 bits per heavy atom. The third-order valence-electron chi connectivity index (χ3n) is 7.67. The summed E-state index contributed by atoms with van der Waals surface area (Å²) in [4.78, 5) is 30.4. The average Bonchev–Trinajstić information content (AvgIpc) is 3.38. The van der Waals surface area contributed by atoms with Crippen LogP contribution in [-0.2, 0) is 19.1 Å². The minimum atomic E-state index is -4.68. The Balaban J connectivity index is 1.98. The third kappa shape index (κ3) is 6.38. The number of aryl methyl sites for hydroxylation is 1. The van der Waals surface area contributed by atoms with Crippen LogP contribution in [0.1, 0.15) is 64.6 Å². The molecule has 0 radical (unpaired) electrons. The maximum atomic E-state index is 14.1. The highest BCUT2D eigenvalue weighted by molar-refractivity contribution is 7.09. The molecule has 3 rings (SSSR count). The lowest BCUT2D eigenvalue weighted by atomic mass is 9.73. The Bertz CT molecular complexity index is 1100. The molecule has 2 N–H and O–H groups in total. The van der Waals surface area contributed by atoms with Crippen molar-refractivity contribution in [3.63, 3.8) is 0 Å². The minimum Gasteiger partial charge on any atom is -0.458 e. The van der Waals surface area contributed by atoms with E-state index in [1.165, 1.54) is 44.3 Å². The van der Waals surface area contributed by atoms with E-state index in [9.17, 15) is 33.0 Å². The van der Waals surface area contributed by atoms with Crippen molar-refractivity contribution in [3.8, 4) is 0 Å². The van der Waals surface area contributed by atoms with Crippen LogP contribution in [0.3, 0.4) is 0 Å². The number of ketones is 1. The number of thiazole rings is 1. The number of epoxide rings is 1. The van der Waals surface area contributed by atoms with E-state index in [0.29, 0.717) is 11.3 Å². The fraction of sp³-hybridized carbons (Fsp3) is 0.667. The molecule has 11 heteroatoms. The molecule has 0 bridgehead atoms. The zero-order chi connectivity index (χ0) is 28.6. The number of rotatable bonds is 2. The number of fused-ring (bicyclic) bond motifs is 1. The lowest BCUT2D eigenvalue weighted by Crippen LogP contribution is -2.45. The van der Waals surface area contributed by atoms with E-state index < -0.39 is 78.0 Å². The zero-order valence-corrected chi connectivity index (χ0v) is 23.2. The monoisotopic (exact) mass is 559 g/mol. The smallest absolute Gasteiger partial charge is 0.420 e. The SMILES string of the molecule is C/C(=C\c1csc(C)n1)[C@@H]1CC2OC2(C(F)(F)F)C/C=C/[C@H](C)[C@H](O)[C@@H](C)C(=O)C(C)(C)[C@@H](O)CC(=O)O1. The van der Waals surface area contributed by atoms with Gasteiger partial charge in [0, 0.05) is 30.1 Å². The Labute approximate surface area is 224 Å². The Hall–Kier alpha value is -2.08. The van der Waals surface area contributed by atoms with Crippen LogP contribution >= 0.6 is 11.3 Å². The molecule has 2 aliphatic heterocycles. The first-order valence-electron chi connectivity index (χ1n) is 12.6. The normalized spacial score (nSPS) is 36.3. The van der Waals surface area contributed by atoms with Gasteiger partial charge in [-0.05, 0) is 25.5 Å². The molecule has 1 fully saturated rings. The predicted octanol–water partition coefficient (Wildman–Crippen LogP) is 4.80. The zero-order valence-electron chi connectivity index (χ0n) is 22.4. The van der Waals surface area contributed by atoms with Crippen molar-refractivity contribution >= 4 is 29.2 Å².